The van der Waals surface area contributed by atoms with Gasteiger partial charge in [0.05, 0.1) is 17.2 Å². The number of rotatable bonds is 3. The minimum atomic E-state index is -0.703. The van der Waals surface area contributed by atoms with Crippen molar-refractivity contribution in [3.63, 3.8) is 0 Å². The van der Waals surface area contributed by atoms with Gasteiger partial charge in [0.25, 0.3) is 5.91 Å². The van der Waals surface area contributed by atoms with Gasteiger partial charge >= 0.3 is 0 Å². The van der Waals surface area contributed by atoms with Gasteiger partial charge in [-0.25, -0.2) is 4.39 Å². The summed E-state index contributed by atoms with van der Waals surface area (Å²) in [5.74, 6) is -1.24. The molecule has 128 valence electrons. The summed E-state index contributed by atoms with van der Waals surface area (Å²) in [6.45, 7) is 3.99. The quantitative estimate of drug-likeness (QED) is 0.935. The largest absolute Gasteiger partial charge is 0.369 e. The van der Waals surface area contributed by atoms with Gasteiger partial charge in [-0.3, -0.25) is 4.79 Å². The third kappa shape index (κ3) is 3.95. The van der Waals surface area contributed by atoms with Gasteiger partial charge in [0, 0.05) is 37.6 Å². The van der Waals surface area contributed by atoms with Crippen LogP contribution in [0.5, 0.6) is 0 Å². The van der Waals surface area contributed by atoms with E-state index in [0.717, 1.165) is 37.9 Å². The Morgan fingerprint density at radius 1 is 1.12 bits per heavy atom. The van der Waals surface area contributed by atoms with Crippen molar-refractivity contribution in [1.82, 2.24) is 4.90 Å². The van der Waals surface area contributed by atoms with Crippen molar-refractivity contribution >= 4 is 17.3 Å². The number of nitriles is 1. The zero-order chi connectivity index (χ0) is 17.8. The van der Waals surface area contributed by atoms with Crippen LogP contribution in [0.25, 0.3) is 0 Å². The van der Waals surface area contributed by atoms with Gasteiger partial charge in [-0.15, -0.1) is 0 Å². The Kier molecular flexibility index (Phi) is 4.96. The standard InChI is InChI=1S/C19H19FN4O/c1-23-8-10-24(11-9-23)16-5-3-15(4-6-16)22-19(25)17-7-2-14(13-21)12-18(17)20/h2-7,12H,8-11H2,1H3,(H,22,25). The first-order chi connectivity index (χ1) is 12.1. The Morgan fingerprint density at radius 3 is 2.40 bits per heavy atom. The summed E-state index contributed by atoms with van der Waals surface area (Å²) in [4.78, 5) is 16.8. The first-order valence-electron chi connectivity index (χ1n) is 8.11. The van der Waals surface area contributed by atoms with Crippen LogP contribution >= 0.6 is 0 Å². The number of nitrogens with one attached hydrogen (secondary N) is 1. The zero-order valence-electron chi connectivity index (χ0n) is 14.0. The van der Waals surface area contributed by atoms with Gasteiger partial charge in [-0.1, -0.05) is 0 Å². The van der Waals surface area contributed by atoms with Crippen molar-refractivity contribution in [2.75, 3.05) is 43.4 Å². The number of anilines is 2. The molecule has 0 atom stereocenters. The molecule has 0 aromatic heterocycles. The molecule has 0 unspecified atom stereocenters. The maximum absolute atomic E-state index is 13.9. The number of amides is 1. The highest BCUT2D eigenvalue weighted by Gasteiger charge is 2.15. The van der Waals surface area contributed by atoms with Crippen molar-refractivity contribution in [3.05, 3.63) is 59.4 Å². The van der Waals surface area contributed by atoms with Crippen LogP contribution in [-0.2, 0) is 0 Å². The monoisotopic (exact) mass is 338 g/mol. The highest BCUT2D eigenvalue weighted by atomic mass is 19.1. The van der Waals surface area contributed by atoms with Crippen LogP contribution in [0.3, 0.4) is 0 Å². The molecule has 1 N–H and O–H groups in total. The average molecular weight is 338 g/mol. The molecule has 6 heteroatoms. The lowest BCUT2D eigenvalue weighted by molar-refractivity contribution is 0.102. The van der Waals surface area contributed by atoms with E-state index in [2.05, 4.69) is 22.2 Å². The molecule has 1 saturated heterocycles. The second-order valence-corrected chi connectivity index (χ2v) is 6.10. The smallest absolute Gasteiger partial charge is 0.258 e. The normalized spacial score (nSPS) is 14.8. The van der Waals surface area contributed by atoms with Gasteiger partial charge < -0.3 is 15.1 Å². The van der Waals surface area contributed by atoms with Crippen LogP contribution in [0.4, 0.5) is 15.8 Å². The molecule has 2 aromatic carbocycles. The van der Waals surface area contributed by atoms with Gasteiger partial charge in [0.2, 0.25) is 0 Å². The molecule has 2 aromatic rings. The fourth-order valence-electron chi connectivity index (χ4n) is 2.79. The van der Waals surface area contributed by atoms with Gasteiger partial charge in [0.1, 0.15) is 5.82 Å². The summed E-state index contributed by atoms with van der Waals surface area (Å²) in [7, 11) is 2.11. The molecule has 1 amide bonds. The number of carbonyl (C=O) groups is 1. The van der Waals surface area contributed by atoms with E-state index in [1.807, 2.05) is 30.3 Å². The number of nitrogens with zero attached hydrogens (tertiary/aromatic N) is 3. The topological polar surface area (TPSA) is 59.4 Å². The number of carbonyl (C=O) groups excluding carboxylic acids is 1. The maximum Gasteiger partial charge on any atom is 0.258 e. The van der Waals surface area contributed by atoms with Crippen molar-refractivity contribution < 1.29 is 9.18 Å². The third-order valence-electron chi connectivity index (χ3n) is 4.34. The third-order valence-corrected chi connectivity index (χ3v) is 4.34. The molecule has 0 radical (unpaired) electrons. The van der Waals surface area contributed by atoms with E-state index in [0.29, 0.717) is 5.69 Å². The SMILES string of the molecule is CN1CCN(c2ccc(NC(=O)c3ccc(C#N)cc3F)cc2)CC1. The maximum atomic E-state index is 13.9. The van der Waals surface area contributed by atoms with Crippen LogP contribution in [0.15, 0.2) is 42.5 Å². The van der Waals surface area contributed by atoms with E-state index < -0.39 is 11.7 Å². The summed E-state index contributed by atoms with van der Waals surface area (Å²) in [5.41, 5.74) is 1.81. The van der Waals surface area contributed by atoms with Gasteiger partial charge in [-0.2, -0.15) is 5.26 Å². The summed E-state index contributed by atoms with van der Waals surface area (Å²) in [6, 6.07) is 13.2. The lowest BCUT2D eigenvalue weighted by atomic mass is 10.1. The van der Waals surface area contributed by atoms with Crippen LogP contribution in [0.2, 0.25) is 0 Å². The van der Waals surface area contributed by atoms with Crippen LogP contribution in [0.1, 0.15) is 15.9 Å². The van der Waals surface area contributed by atoms with Crippen molar-refractivity contribution in [2.24, 2.45) is 0 Å². The van der Waals surface area contributed by atoms with Gasteiger partial charge in [-0.05, 0) is 49.5 Å². The van der Waals surface area contributed by atoms with E-state index >= 15 is 0 Å². The van der Waals surface area contributed by atoms with E-state index in [-0.39, 0.29) is 11.1 Å². The number of halogens is 1. The second kappa shape index (κ2) is 7.32. The molecule has 3 rings (SSSR count). The van der Waals surface area contributed by atoms with Crippen LogP contribution in [-0.4, -0.2) is 44.0 Å². The Balaban J connectivity index is 1.67. The molecule has 1 heterocycles. The average Bonchev–Trinajstić information content (AvgIpc) is 2.63. The van der Waals surface area contributed by atoms with Crippen molar-refractivity contribution in [2.45, 2.75) is 0 Å². The Hall–Kier alpha value is -2.91. The molecule has 0 bridgehead atoms. The molecule has 1 aliphatic rings. The summed E-state index contributed by atoms with van der Waals surface area (Å²) in [5, 5.41) is 11.4. The van der Waals surface area contributed by atoms with Crippen molar-refractivity contribution in [1.29, 1.82) is 5.26 Å². The van der Waals surface area contributed by atoms with E-state index in [1.54, 1.807) is 0 Å². The van der Waals surface area contributed by atoms with Crippen molar-refractivity contribution in [3.8, 4) is 6.07 Å². The second-order valence-electron chi connectivity index (χ2n) is 6.10. The molecule has 5 nitrogen and oxygen atoms in total. The van der Waals surface area contributed by atoms with E-state index in [1.165, 1.54) is 12.1 Å². The summed E-state index contributed by atoms with van der Waals surface area (Å²) in [6.07, 6.45) is 0. The molecular weight excluding hydrogens is 319 g/mol. The highest BCUT2D eigenvalue weighted by Crippen LogP contribution is 2.20. The number of likely N-dealkylation sites (N-methyl/N-ethyl adjacent to an activating group) is 1. The first kappa shape index (κ1) is 16.9. The minimum Gasteiger partial charge on any atom is -0.369 e. The predicted molar refractivity (Wildman–Crippen MR) is 95.2 cm³/mol. The first-order valence-corrected chi connectivity index (χ1v) is 8.11. The molecule has 1 aliphatic heterocycles. The zero-order valence-corrected chi connectivity index (χ0v) is 14.0. The van der Waals surface area contributed by atoms with Crippen LogP contribution in [0, 0.1) is 17.1 Å². The fraction of sp³-hybridized carbons (Fsp3) is 0.263. The molecule has 0 spiro atoms. The predicted octanol–water partition coefficient (Wildman–Crippen LogP) is 2.70. The molecule has 1 fully saturated rings. The number of hydrogen-bond donors (Lipinski definition) is 1. The molecular formula is C19H19FN4O. The fourth-order valence-corrected chi connectivity index (χ4v) is 2.79. The minimum absolute atomic E-state index is 0.0813. The molecule has 0 saturated carbocycles. The number of piperazine rings is 1. The van der Waals surface area contributed by atoms with E-state index in [9.17, 15) is 9.18 Å². The van der Waals surface area contributed by atoms with E-state index in [4.69, 9.17) is 5.26 Å². The van der Waals surface area contributed by atoms with Crippen LogP contribution < -0.4 is 10.2 Å². The summed E-state index contributed by atoms with van der Waals surface area (Å²) < 4.78 is 13.9. The number of benzene rings is 2. The highest BCUT2D eigenvalue weighted by molar-refractivity contribution is 6.04. The Labute approximate surface area is 146 Å². The Morgan fingerprint density at radius 2 is 1.80 bits per heavy atom. The number of hydrogen-bond acceptors (Lipinski definition) is 4. The summed E-state index contributed by atoms with van der Waals surface area (Å²) >= 11 is 0. The Bertz CT molecular complexity index is 805. The molecule has 0 aliphatic carbocycles. The lowest BCUT2D eigenvalue weighted by Crippen LogP contribution is -2.44. The van der Waals surface area contributed by atoms with Gasteiger partial charge in [0.15, 0.2) is 0 Å². The lowest BCUT2D eigenvalue weighted by Gasteiger charge is -2.34. The molecule has 25 heavy (non-hydrogen) atoms.